The van der Waals surface area contributed by atoms with Crippen LogP contribution in [0.1, 0.15) is 72.1 Å². The first-order valence-corrected chi connectivity index (χ1v) is 11.0. The number of hydrogen-bond donors (Lipinski definition) is 3. The van der Waals surface area contributed by atoms with Crippen molar-refractivity contribution in [1.82, 2.24) is 14.9 Å². The standard InChI is InChI=1S/C20H35N5O2S/c1-4-6-12-24(20(28)22-15-11-9-8-10-14(15)3)16-17(21)25(13-7-5-2)19(27)23-18(16)26/h14-15H,4-13,21H2,1-3H3,(H,22,28)(H,23,26,27)/t14-,15+/m1/s1. The van der Waals surface area contributed by atoms with Crippen LogP contribution in [-0.2, 0) is 6.54 Å². The monoisotopic (exact) mass is 409 g/mol. The molecule has 1 aliphatic rings. The Bertz CT molecular complexity index is 773. The summed E-state index contributed by atoms with van der Waals surface area (Å²) in [4.78, 5) is 29.1. The lowest BCUT2D eigenvalue weighted by Gasteiger charge is -2.34. The molecule has 0 saturated heterocycles. The third kappa shape index (κ3) is 5.37. The highest BCUT2D eigenvalue weighted by Gasteiger charge is 2.26. The second-order valence-corrected chi connectivity index (χ2v) is 8.21. The minimum atomic E-state index is -0.479. The fourth-order valence-electron chi connectivity index (χ4n) is 3.77. The Morgan fingerprint density at radius 1 is 1.25 bits per heavy atom. The van der Waals surface area contributed by atoms with Gasteiger partial charge in [-0.05, 0) is 43.8 Å². The van der Waals surface area contributed by atoms with Crippen molar-refractivity contribution in [3.05, 3.63) is 20.8 Å². The lowest BCUT2D eigenvalue weighted by Crippen LogP contribution is -2.50. The number of nitrogens with zero attached hydrogens (tertiary/aromatic N) is 2. The van der Waals surface area contributed by atoms with Gasteiger partial charge in [-0.15, -0.1) is 0 Å². The zero-order valence-corrected chi connectivity index (χ0v) is 18.2. The van der Waals surface area contributed by atoms with Gasteiger partial charge in [0.15, 0.2) is 10.8 Å². The summed E-state index contributed by atoms with van der Waals surface area (Å²) in [6.07, 6.45) is 8.27. The van der Waals surface area contributed by atoms with Crippen molar-refractivity contribution < 1.29 is 0 Å². The fraction of sp³-hybridized carbons (Fsp3) is 0.750. The van der Waals surface area contributed by atoms with E-state index in [-0.39, 0.29) is 11.5 Å². The van der Waals surface area contributed by atoms with Crippen LogP contribution in [0.25, 0.3) is 0 Å². The molecule has 0 amide bonds. The molecule has 0 spiro atoms. The van der Waals surface area contributed by atoms with Crippen molar-refractivity contribution in [1.29, 1.82) is 0 Å². The summed E-state index contributed by atoms with van der Waals surface area (Å²) in [5.41, 5.74) is 5.65. The van der Waals surface area contributed by atoms with E-state index in [2.05, 4.69) is 24.1 Å². The summed E-state index contributed by atoms with van der Waals surface area (Å²) in [6.45, 7) is 7.44. The SMILES string of the molecule is CCCCN(C(=S)N[C@H]1CCCC[C@H]1C)c1c(N)n(CCCC)c(=O)[nH]c1=O. The number of aromatic amines is 1. The normalized spacial score (nSPS) is 19.4. The number of hydrogen-bond acceptors (Lipinski definition) is 4. The van der Waals surface area contributed by atoms with E-state index in [1.165, 1.54) is 23.8 Å². The molecule has 0 bridgehead atoms. The van der Waals surface area contributed by atoms with E-state index in [1.807, 2.05) is 6.92 Å². The van der Waals surface area contributed by atoms with E-state index < -0.39 is 11.2 Å². The predicted molar refractivity (Wildman–Crippen MR) is 120 cm³/mol. The quantitative estimate of drug-likeness (QED) is 0.571. The molecule has 2 rings (SSSR count). The molecule has 4 N–H and O–H groups in total. The number of nitrogens with one attached hydrogen (secondary N) is 2. The van der Waals surface area contributed by atoms with Gasteiger partial charge in [0.1, 0.15) is 5.82 Å². The first kappa shape index (κ1) is 22.5. The average molecular weight is 410 g/mol. The number of nitrogens with two attached hydrogens (primary N) is 1. The number of aromatic nitrogens is 2. The van der Waals surface area contributed by atoms with Gasteiger partial charge in [-0.3, -0.25) is 14.3 Å². The maximum Gasteiger partial charge on any atom is 0.330 e. The number of H-pyrrole nitrogens is 1. The van der Waals surface area contributed by atoms with Gasteiger partial charge in [0.05, 0.1) is 0 Å². The highest BCUT2D eigenvalue weighted by molar-refractivity contribution is 7.80. The topological polar surface area (TPSA) is 96.2 Å². The van der Waals surface area contributed by atoms with Gasteiger partial charge < -0.3 is 16.0 Å². The molecule has 1 fully saturated rings. The Morgan fingerprint density at radius 2 is 1.93 bits per heavy atom. The molecule has 7 nitrogen and oxygen atoms in total. The van der Waals surface area contributed by atoms with E-state index in [0.29, 0.717) is 30.2 Å². The molecular formula is C20H35N5O2S. The molecule has 1 aromatic rings. The molecule has 1 aromatic heterocycles. The molecule has 0 aromatic carbocycles. The minimum Gasteiger partial charge on any atom is -0.383 e. The van der Waals surface area contributed by atoms with Crippen molar-refractivity contribution in [2.45, 2.75) is 84.7 Å². The molecule has 28 heavy (non-hydrogen) atoms. The lowest BCUT2D eigenvalue weighted by atomic mass is 9.86. The predicted octanol–water partition coefficient (Wildman–Crippen LogP) is 2.98. The molecule has 8 heteroatoms. The highest BCUT2D eigenvalue weighted by Crippen LogP contribution is 2.25. The summed E-state index contributed by atoms with van der Waals surface area (Å²) in [5.74, 6) is 0.730. The number of unbranched alkanes of at least 4 members (excludes halogenated alkanes) is 2. The molecule has 0 radical (unpaired) electrons. The first-order chi connectivity index (χ1) is 13.4. The van der Waals surface area contributed by atoms with Crippen molar-refractivity contribution in [3.8, 4) is 0 Å². The van der Waals surface area contributed by atoms with E-state index in [9.17, 15) is 9.59 Å². The Balaban J connectivity index is 2.37. The second kappa shape index (κ2) is 10.6. The number of rotatable bonds is 8. The molecule has 0 unspecified atom stereocenters. The number of anilines is 2. The first-order valence-electron chi connectivity index (χ1n) is 10.6. The minimum absolute atomic E-state index is 0.194. The van der Waals surface area contributed by atoms with Crippen LogP contribution < -0.4 is 27.2 Å². The van der Waals surface area contributed by atoms with Crippen LogP contribution in [-0.4, -0.2) is 27.3 Å². The van der Waals surface area contributed by atoms with Crippen molar-refractivity contribution in [2.75, 3.05) is 17.2 Å². The van der Waals surface area contributed by atoms with Gasteiger partial charge in [0.25, 0.3) is 5.56 Å². The van der Waals surface area contributed by atoms with Crippen molar-refractivity contribution >= 4 is 28.8 Å². The van der Waals surface area contributed by atoms with E-state index in [4.69, 9.17) is 18.0 Å². The van der Waals surface area contributed by atoms with E-state index >= 15 is 0 Å². The number of nitrogen functional groups attached to an aromatic ring is 1. The van der Waals surface area contributed by atoms with Crippen LogP contribution >= 0.6 is 12.2 Å². The molecule has 1 saturated carbocycles. The maximum absolute atomic E-state index is 12.7. The largest absolute Gasteiger partial charge is 0.383 e. The summed E-state index contributed by atoms with van der Waals surface area (Å²) in [6, 6.07) is 0.302. The van der Waals surface area contributed by atoms with Gasteiger partial charge >= 0.3 is 5.69 Å². The molecule has 2 atom stereocenters. The summed E-state index contributed by atoms with van der Waals surface area (Å²) >= 11 is 5.71. The summed E-state index contributed by atoms with van der Waals surface area (Å²) in [7, 11) is 0. The van der Waals surface area contributed by atoms with Gasteiger partial charge in [0, 0.05) is 19.1 Å². The van der Waals surface area contributed by atoms with Crippen LogP contribution in [0.5, 0.6) is 0 Å². The molecule has 1 aliphatic carbocycles. The molecular weight excluding hydrogens is 374 g/mol. The molecule has 0 aliphatic heterocycles. The zero-order chi connectivity index (χ0) is 20.7. The molecule has 158 valence electrons. The Labute approximate surface area is 172 Å². The van der Waals surface area contributed by atoms with Crippen LogP contribution in [0.2, 0.25) is 0 Å². The van der Waals surface area contributed by atoms with Gasteiger partial charge in [-0.25, -0.2) is 4.79 Å². The van der Waals surface area contributed by atoms with Crippen LogP contribution in [0.15, 0.2) is 9.59 Å². The van der Waals surface area contributed by atoms with Crippen LogP contribution in [0.4, 0.5) is 11.5 Å². The van der Waals surface area contributed by atoms with Crippen LogP contribution in [0.3, 0.4) is 0 Å². The summed E-state index contributed by atoms with van der Waals surface area (Å²) in [5, 5.41) is 3.99. The Morgan fingerprint density at radius 3 is 2.57 bits per heavy atom. The lowest BCUT2D eigenvalue weighted by molar-refractivity contribution is 0.309. The third-order valence-electron chi connectivity index (χ3n) is 5.62. The van der Waals surface area contributed by atoms with E-state index in [0.717, 1.165) is 32.1 Å². The van der Waals surface area contributed by atoms with Gasteiger partial charge in [-0.1, -0.05) is 46.5 Å². The maximum atomic E-state index is 12.7. The van der Waals surface area contributed by atoms with Gasteiger partial charge in [-0.2, -0.15) is 0 Å². The highest BCUT2D eigenvalue weighted by atomic mass is 32.1. The summed E-state index contributed by atoms with van der Waals surface area (Å²) < 4.78 is 1.45. The third-order valence-corrected chi connectivity index (χ3v) is 5.96. The fourth-order valence-corrected chi connectivity index (χ4v) is 4.11. The van der Waals surface area contributed by atoms with Crippen molar-refractivity contribution in [2.24, 2.45) is 5.92 Å². The van der Waals surface area contributed by atoms with Crippen molar-refractivity contribution in [3.63, 3.8) is 0 Å². The Kier molecular flexibility index (Phi) is 8.54. The number of thiocarbonyl (C=S) groups is 1. The Hall–Kier alpha value is -1.83. The van der Waals surface area contributed by atoms with Gasteiger partial charge in [0.2, 0.25) is 0 Å². The van der Waals surface area contributed by atoms with E-state index in [1.54, 1.807) is 4.90 Å². The average Bonchev–Trinajstić information content (AvgIpc) is 2.65. The molecule has 1 heterocycles. The smallest absolute Gasteiger partial charge is 0.330 e. The van der Waals surface area contributed by atoms with Crippen LogP contribution in [0, 0.1) is 5.92 Å². The second-order valence-electron chi connectivity index (χ2n) is 7.82. The zero-order valence-electron chi connectivity index (χ0n) is 17.4.